The number of nitrogens with zero attached hydrogens (tertiary/aromatic N) is 1. The minimum atomic E-state index is -1.42. The maximum atomic E-state index is 14.0. The van der Waals surface area contributed by atoms with Crippen molar-refractivity contribution in [3.8, 4) is 0 Å². The van der Waals surface area contributed by atoms with E-state index in [9.17, 15) is 48.3 Å². The molecule has 0 radical (unpaired) electrons. The quantitative estimate of drug-likeness (QED) is 0.0241. The van der Waals surface area contributed by atoms with E-state index < -0.39 is 53.6 Å². The van der Waals surface area contributed by atoms with Gasteiger partial charge in [-0.1, -0.05) is 80.1 Å². The molecule has 75 heavy (non-hydrogen) atoms. The molecule has 0 aromatic carbocycles. The van der Waals surface area contributed by atoms with Crippen molar-refractivity contribution in [2.24, 2.45) is 17.8 Å². The molecule has 3 rings (SSSR count). The summed E-state index contributed by atoms with van der Waals surface area (Å²) in [6.07, 6.45) is 11.0. The Balaban J connectivity index is 1.26. The van der Waals surface area contributed by atoms with Crippen molar-refractivity contribution in [1.82, 2.24) is 47.4 Å². The fraction of sp³-hybridized carbons (Fsp3) is 0.833. The van der Waals surface area contributed by atoms with E-state index in [1.165, 1.54) is 11.8 Å². The van der Waals surface area contributed by atoms with Gasteiger partial charge < -0.3 is 57.3 Å². The highest BCUT2D eigenvalue weighted by Gasteiger charge is 2.50. The van der Waals surface area contributed by atoms with Crippen molar-refractivity contribution in [3.05, 3.63) is 0 Å². The highest BCUT2D eigenvalue weighted by Crippen LogP contribution is 2.33. The lowest BCUT2D eigenvalue weighted by molar-refractivity contribution is -0.143. The molecule has 0 unspecified atom stereocenters. The molecule has 0 aliphatic carbocycles. The van der Waals surface area contributed by atoms with E-state index >= 15 is 0 Å². The topological polar surface area (TPSA) is 286 Å². The van der Waals surface area contributed by atoms with E-state index in [-0.39, 0.29) is 78.3 Å². The number of unbranched alkanes of at least 4 members (excludes halogenated alkanes) is 7. The Morgan fingerprint density at radius 2 is 1.17 bits per heavy atom. The number of epoxide rings is 1. The van der Waals surface area contributed by atoms with E-state index in [0.29, 0.717) is 89.1 Å². The normalized spacial score (nSPS) is 21.4. The zero-order valence-corrected chi connectivity index (χ0v) is 47.5. The minimum Gasteiger partial charge on any atom is -0.391 e. The monoisotopic (exact) mass is 1080 g/mol. The number of carbonyl (C=O) groups excluding carboxylic acids is 9. The molecule has 21 heteroatoms. The molecule has 9 amide bonds. The number of ketones is 1. The SMILES string of the molecule is CC[C@H](C)[C@H](NC(=O)[C@H]([C@@H](C)CC)N(C)C(=O)CCCCCNC(=O)CCCCCNC(=O)CCCCCNC(=O)CCCC[C@@H]1SC[C@@H]2NC(=O)N[C@@H]21)C(=O)N[C@H](C(=O)N[C@@H](CC(C)C)C(=O)[C@@]1(C)CO1)[C@@H](C)O. The lowest BCUT2D eigenvalue weighted by Crippen LogP contribution is -2.62. The summed E-state index contributed by atoms with van der Waals surface area (Å²) in [5.41, 5.74) is -0.984. The minimum absolute atomic E-state index is 0.00745. The number of nitrogens with one attached hydrogen (secondary N) is 8. The number of rotatable bonds is 39. The second kappa shape index (κ2) is 33.6. The highest BCUT2D eigenvalue weighted by molar-refractivity contribution is 8.00. The molecule has 3 fully saturated rings. The Kier molecular flexibility index (Phi) is 29.0. The van der Waals surface area contributed by atoms with Gasteiger partial charge in [-0.05, 0) is 89.4 Å². The number of thioether (sulfide) groups is 1. The summed E-state index contributed by atoms with van der Waals surface area (Å²) >= 11 is 1.89. The molecule has 9 N–H and O–H groups in total. The number of hydrogen-bond donors (Lipinski definition) is 9. The van der Waals surface area contributed by atoms with Crippen LogP contribution >= 0.6 is 11.8 Å². The Morgan fingerprint density at radius 3 is 1.67 bits per heavy atom. The third kappa shape index (κ3) is 22.9. The standard InChI is InChI=1S/C54H95N9O11S/c1-10-35(5)45(50(70)61-46(37(7)64)51(71)58-38(31-34(3)4)49(69)54(8)33-74-54)60-52(72)48(36(6)11-2)63(9)44(68)27-17-14-22-30-56-42(66)25-15-12-20-28-55-41(65)24-16-13-21-29-57-43(67)26-19-18-23-40-47-39(32-75-40)59-53(73)62-47/h34-40,45-48,64H,10-33H2,1-9H3,(H,55,65)(H,56,66)(H,57,67)(H,58,71)(H,60,72)(H,61,70)(H2,59,62,73)/t35-,36-,37+,38-,39-,40-,45-,46-,47-,48-,54+/m0/s1. The number of hydrogen-bond acceptors (Lipinski definition) is 12. The maximum absolute atomic E-state index is 14.0. The van der Waals surface area contributed by atoms with Crippen molar-refractivity contribution in [1.29, 1.82) is 0 Å². The van der Waals surface area contributed by atoms with Gasteiger partial charge >= 0.3 is 6.03 Å². The lowest BCUT2D eigenvalue weighted by atomic mass is 9.92. The van der Waals surface area contributed by atoms with Gasteiger partial charge in [0.25, 0.3) is 0 Å². The third-order valence-corrected chi connectivity index (χ3v) is 16.3. The first kappa shape index (κ1) is 64.8. The summed E-state index contributed by atoms with van der Waals surface area (Å²) in [6, 6.07) is -3.94. The van der Waals surface area contributed by atoms with Gasteiger partial charge in [0, 0.05) is 63.4 Å². The zero-order valence-electron chi connectivity index (χ0n) is 46.7. The molecule has 3 aliphatic heterocycles. The summed E-state index contributed by atoms with van der Waals surface area (Å²) in [4.78, 5) is 118. The Morgan fingerprint density at radius 1 is 0.680 bits per heavy atom. The number of Topliss-reactive ketones (excluding diaryl/α,β-unsaturated/α-hetero) is 1. The molecular formula is C54H95N9O11S. The van der Waals surface area contributed by atoms with Crippen LogP contribution in [0.4, 0.5) is 4.79 Å². The van der Waals surface area contributed by atoms with E-state index in [2.05, 4.69) is 42.5 Å². The summed E-state index contributed by atoms with van der Waals surface area (Å²) in [6.45, 7) is 16.2. The Hall–Kier alpha value is -4.50. The number of ether oxygens (including phenoxy) is 1. The summed E-state index contributed by atoms with van der Waals surface area (Å²) in [5, 5.41) is 34.1. The fourth-order valence-electron chi connectivity index (χ4n) is 9.52. The van der Waals surface area contributed by atoms with Gasteiger partial charge in [-0.15, -0.1) is 0 Å². The van der Waals surface area contributed by atoms with Gasteiger partial charge in [-0.2, -0.15) is 11.8 Å². The number of likely N-dealkylation sites (N-methyl/N-ethyl adjacent to an activating group) is 1. The van der Waals surface area contributed by atoms with Gasteiger partial charge in [0.1, 0.15) is 23.7 Å². The van der Waals surface area contributed by atoms with Crippen molar-refractivity contribution in [2.45, 2.75) is 231 Å². The molecule has 3 aliphatic rings. The van der Waals surface area contributed by atoms with Crippen molar-refractivity contribution in [3.63, 3.8) is 0 Å². The second-order valence-electron chi connectivity index (χ2n) is 21.9. The highest BCUT2D eigenvalue weighted by atomic mass is 32.2. The number of fused-ring (bicyclic) bond motifs is 1. The van der Waals surface area contributed by atoms with Crippen molar-refractivity contribution in [2.75, 3.05) is 39.0 Å². The predicted molar refractivity (Wildman–Crippen MR) is 290 cm³/mol. The average Bonchev–Trinajstić information content (AvgIpc) is 3.86. The first-order chi connectivity index (χ1) is 35.6. The molecule has 20 nitrogen and oxygen atoms in total. The van der Waals surface area contributed by atoms with E-state index in [4.69, 9.17) is 4.74 Å². The summed E-state index contributed by atoms with van der Waals surface area (Å²) in [7, 11) is 1.59. The fourth-order valence-corrected chi connectivity index (χ4v) is 11.1. The van der Waals surface area contributed by atoms with Crippen LogP contribution in [0.5, 0.6) is 0 Å². The molecule has 11 atom stereocenters. The molecule has 0 spiro atoms. The Bertz CT molecular complexity index is 1870. The van der Waals surface area contributed by atoms with Crippen molar-refractivity contribution >= 4 is 64.9 Å². The van der Waals surface area contributed by atoms with Crippen LogP contribution in [-0.4, -0.2) is 155 Å². The average molecular weight is 1080 g/mol. The number of amides is 9. The van der Waals surface area contributed by atoms with Crippen LogP contribution in [0.3, 0.4) is 0 Å². The Labute approximate surface area is 451 Å². The number of carbonyl (C=O) groups is 9. The lowest BCUT2D eigenvalue weighted by Gasteiger charge is -2.34. The first-order valence-electron chi connectivity index (χ1n) is 28.1. The van der Waals surface area contributed by atoms with Crippen LogP contribution < -0.4 is 42.5 Å². The molecule has 0 bridgehead atoms. The zero-order chi connectivity index (χ0) is 55.7. The van der Waals surface area contributed by atoms with Gasteiger partial charge in [0.15, 0.2) is 5.78 Å². The molecule has 3 heterocycles. The molecule has 0 saturated carbocycles. The van der Waals surface area contributed by atoms with Crippen LogP contribution in [0, 0.1) is 17.8 Å². The summed E-state index contributed by atoms with van der Waals surface area (Å²) < 4.78 is 5.33. The van der Waals surface area contributed by atoms with Gasteiger partial charge in [0.05, 0.1) is 30.8 Å². The molecular weight excluding hydrogens is 983 g/mol. The molecule has 428 valence electrons. The van der Waals surface area contributed by atoms with Crippen LogP contribution in [-0.2, 0) is 43.1 Å². The van der Waals surface area contributed by atoms with Gasteiger partial charge in [0.2, 0.25) is 41.4 Å². The van der Waals surface area contributed by atoms with Gasteiger partial charge in [-0.3, -0.25) is 38.4 Å². The van der Waals surface area contributed by atoms with Gasteiger partial charge in [-0.25, -0.2) is 4.79 Å². The van der Waals surface area contributed by atoms with Crippen LogP contribution in [0.15, 0.2) is 0 Å². The number of aliphatic hydroxyl groups is 1. The number of aliphatic hydroxyl groups excluding tert-OH is 1. The van der Waals surface area contributed by atoms with Crippen molar-refractivity contribution < 1.29 is 53.0 Å². The maximum Gasteiger partial charge on any atom is 0.315 e. The van der Waals surface area contributed by atoms with Crippen LogP contribution in [0.2, 0.25) is 0 Å². The van der Waals surface area contributed by atoms with E-state index in [1.807, 2.05) is 46.4 Å². The molecule has 0 aromatic heterocycles. The number of urea groups is 1. The first-order valence-corrected chi connectivity index (χ1v) is 29.2. The smallest absolute Gasteiger partial charge is 0.315 e. The predicted octanol–water partition coefficient (Wildman–Crippen LogP) is 3.90. The van der Waals surface area contributed by atoms with E-state index in [1.54, 1.807) is 20.9 Å². The summed E-state index contributed by atoms with van der Waals surface area (Å²) in [5.74, 6) is -2.04. The molecule has 3 saturated heterocycles. The molecule has 0 aromatic rings. The van der Waals surface area contributed by atoms with E-state index in [0.717, 1.165) is 57.1 Å². The largest absolute Gasteiger partial charge is 0.391 e. The third-order valence-electron chi connectivity index (χ3n) is 14.8. The van der Waals surface area contributed by atoms with Crippen LogP contribution in [0.1, 0.15) is 177 Å². The second-order valence-corrected chi connectivity index (χ2v) is 23.1. The van der Waals surface area contributed by atoms with Crippen LogP contribution in [0.25, 0.3) is 0 Å².